The van der Waals surface area contributed by atoms with Crippen LogP contribution in [0, 0.1) is 0 Å². The zero-order valence-corrected chi connectivity index (χ0v) is 16.2. The molecule has 0 unspecified atom stereocenters. The molecule has 4 rings (SSSR count). The first-order valence-electron chi connectivity index (χ1n) is 9.39. The predicted octanol–water partition coefficient (Wildman–Crippen LogP) is 4.14. The molecule has 1 aliphatic rings. The topological polar surface area (TPSA) is 61.8 Å². The summed E-state index contributed by atoms with van der Waals surface area (Å²) in [6.07, 6.45) is -1.20. The SMILES string of the molecule is CCOC(=O)[C@H]1Oc2ccccc2C(c2cccc3ccccc23)=C1C(=O)OC. The summed E-state index contributed by atoms with van der Waals surface area (Å²) in [4.78, 5) is 25.5. The molecule has 1 heterocycles. The van der Waals surface area contributed by atoms with Crippen LogP contribution in [-0.4, -0.2) is 31.8 Å². The molecule has 0 N–H and O–H groups in total. The summed E-state index contributed by atoms with van der Waals surface area (Å²) in [5.41, 5.74) is 2.31. The molecule has 0 saturated carbocycles. The molecule has 0 amide bonds. The average Bonchev–Trinajstić information content (AvgIpc) is 2.77. The van der Waals surface area contributed by atoms with Gasteiger partial charge in [0.25, 0.3) is 0 Å². The fraction of sp³-hybridized carbons (Fsp3) is 0.167. The Kier molecular flexibility index (Phi) is 5.04. The minimum Gasteiger partial charge on any atom is -0.473 e. The molecule has 146 valence electrons. The van der Waals surface area contributed by atoms with Gasteiger partial charge in [-0.1, -0.05) is 60.7 Å². The van der Waals surface area contributed by atoms with Gasteiger partial charge in [-0.05, 0) is 29.3 Å². The molecule has 3 aromatic carbocycles. The molecule has 0 aliphatic carbocycles. The van der Waals surface area contributed by atoms with Gasteiger partial charge in [0.15, 0.2) is 0 Å². The number of ether oxygens (including phenoxy) is 3. The highest BCUT2D eigenvalue weighted by Crippen LogP contribution is 2.42. The largest absolute Gasteiger partial charge is 0.473 e. The second kappa shape index (κ2) is 7.80. The van der Waals surface area contributed by atoms with Gasteiger partial charge in [-0.25, -0.2) is 9.59 Å². The van der Waals surface area contributed by atoms with Gasteiger partial charge in [0.1, 0.15) is 5.75 Å². The quantitative estimate of drug-likeness (QED) is 0.629. The predicted molar refractivity (Wildman–Crippen MR) is 109 cm³/mol. The minimum atomic E-state index is -1.20. The molecule has 0 fully saturated rings. The standard InChI is InChI=1S/C24H20O5/c1-3-28-24(26)22-21(23(25)27-2)20(18-12-6-7-14-19(18)29-22)17-13-8-10-15-9-4-5-11-16(15)17/h4-14,22H,3H2,1-2H3/t22-/m0/s1. The monoisotopic (exact) mass is 388 g/mol. The van der Waals surface area contributed by atoms with Crippen molar-refractivity contribution in [3.05, 3.63) is 83.4 Å². The van der Waals surface area contributed by atoms with Gasteiger partial charge in [0.05, 0.1) is 19.3 Å². The number of rotatable bonds is 4. The molecule has 5 nitrogen and oxygen atoms in total. The molecule has 5 heteroatoms. The first kappa shape index (κ1) is 18.7. The van der Waals surface area contributed by atoms with Gasteiger partial charge >= 0.3 is 11.9 Å². The summed E-state index contributed by atoms with van der Waals surface area (Å²) < 4.78 is 16.1. The minimum absolute atomic E-state index is 0.140. The number of hydrogen-bond donors (Lipinski definition) is 0. The van der Waals surface area contributed by atoms with Crippen LogP contribution in [0.15, 0.2) is 72.3 Å². The highest BCUT2D eigenvalue weighted by atomic mass is 16.6. The number of carbonyl (C=O) groups excluding carboxylic acids is 2. The molecule has 0 spiro atoms. The van der Waals surface area contributed by atoms with Crippen molar-refractivity contribution in [1.82, 2.24) is 0 Å². The van der Waals surface area contributed by atoms with Crippen molar-refractivity contribution in [2.45, 2.75) is 13.0 Å². The molecular formula is C24H20O5. The number of fused-ring (bicyclic) bond motifs is 2. The van der Waals surface area contributed by atoms with Gasteiger partial charge in [0.2, 0.25) is 6.10 Å². The lowest BCUT2D eigenvalue weighted by Crippen LogP contribution is -2.38. The van der Waals surface area contributed by atoms with Gasteiger partial charge in [0, 0.05) is 11.1 Å². The van der Waals surface area contributed by atoms with Crippen LogP contribution in [0.2, 0.25) is 0 Å². The van der Waals surface area contributed by atoms with E-state index in [1.807, 2.05) is 60.7 Å². The van der Waals surface area contributed by atoms with Crippen LogP contribution in [0.5, 0.6) is 5.75 Å². The van der Waals surface area contributed by atoms with Crippen molar-refractivity contribution in [2.24, 2.45) is 0 Å². The summed E-state index contributed by atoms with van der Waals surface area (Å²) in [6.45, 7) is 1.89. The van der Waals surface area contributed by atoms with Crippen LogP contribution in [0.25, 0.3) is 16.3 Å². The van der Waals surface area contributed by atoms with E-state index in [1.54, 1.807) is 13.0 Å². The van der Waals surface area contributed by atoms with Crippen LogP contribution in [0.1, 0.15) is 18.1 Å². The molecule has 29 heavy (non-hydrogen) atoms. The van der Waals surface area contributed by atoms with Crippen molar-refractivity contribution in [2.75, 3.05) is 13.7 Å². The highest BCUT2D eigenvalue weighted by molar-refractivity contribution is 6.12. The summed E-state index contributed by atoms with van der Waals surface area (Å²) in [7, 11) is 1.29. The van der Waals surface area contributed by atoms with Crippen molar-refractivity contribution in [3.63, 3.8) is 0 Å². The molecule has 1 atom stereocenters. The lowest BCUT2D eigenvalue weighted by Gasteiger charge is -2.29. The molecular weight excluding hydrogens is 368 g/mol. The van der Waals surface area contributed by atoms with E-state index in [9.17, 15) is 9.59 Å². The van der Waals surface area contributed by atoms with E-state index in [4.69, 9.17) is 14.2 Å². The smallest absolute Gasteiger partial charge is 0.352 e. The lowest BCUT2D eigenvalue weighted by atomic mass is 9.85. The summed E-state index contributed by atoms with van der Waals surface area (Å²) >= 11 is 0. The summed E-state index contributed by atoms with van der Waals surface area (Å²) in [5.74, 6) is -0.734. The lowest BCUT2D eigenvalue weighted by molar-refractivity contribution is -0.152. The van der Waals surface area contributed by atoms with E-state index in [0.29, 0.717) is 11.3 Å². The summed E-state index contributed by atoms with van der Waals surface area (Å²) in [6, 6.07) is 21.1. The van der Waals surface area contributed by atoms with Crippen LogP contribution in [-0.2, 0) is 19.1 Å². The first-order valence-corrected chi connectivity index (χ1v) is 9.39. The van der Waals surface area contributed by atoms with E-state index >= 15 is 0 Å². The first-order chi connectivity index (χ1) is 14.2. The fourth-order valence-corrected chi connectivity index (χ4v) is 3.67. The van der Waals surface area contributed by atoms with E-state index in [2.05, 4.69) is 0 Å². The molecule has 3 aromatic rings. The van der Waals surface area contributed by atoms with E-state index < -0.39 is 18.0 Å². The van der Waals surface area contributed by atoms with Crippen molar-refractivity contribution in [1.29, 1.82) is 0 Å². The van der Waals surface area contributed by atoms with Crippen LogP contribution >= 0.6 is 0 Å². The molecule has 0 aromatic heterocycles. The number of methoxy groups -OCH3 is 1. The highest BCUT2D eigenvalue weighted by Gasteiger charge is 2.40. The van der Waals surface area contributed by atoms with Crippen molar-refractivity contribution >= 4 is 28.3 Å². The maximum Gasteiger partial charge on any atom is 0.352 e. The van der Waals surface area contributed by atoms with Crippen molar-refractivity contribution in [3.8, 4) is 5.75 Å². The Balaban J connectivity index is 2.08. The maximum atomic E-state index is 12.8. The van der Waals surface area contributed by atoms with E-state index in [1.165, 1.54) is 7.11 Å². The third-order valence-corrected chi connectivity index (χ3v) is 4.90. The van der Waals surface area contributed by atoms with Gasteiger partial charge in [-0.3, -0.25) is 0 Å². The zero-order chi connectivity index (χ0) is 20.4. The van der Waals surface area contributed by atoms with Crippen LogP contribution in [0.3, 0.4) is 0 Å². The Hall–Kier alpha value is -3.60. The number of para-hydroxylation sites is 1. The fourth-order valence-electron chi connectivity index (χ4n) is 3.67. The second-order valence-corrected chi connectivity index (χ2v) is 6.55. The number of benzene rings is 3. The molecule has 0 saturated heterocycles. The Bertz CT molecular complexity index is 1120. The third-order valence-electron chi connectivity index (χ3n) is 4.90. The zero-order valence-electron chi connectivity index (χ0n) is 16.2. The molecule has 0 radical (unpaired) electrons. The van der Waals surface area contributed by atoms with Crippen LogP contribution in [0.4, 0.5) is 0 Å². The number of carbonyl (C=O) groups is 2. The molecule has 1 aliphatic heterocycles. The van der Waals surface area contributed by atoms with E-state index in [0.717, 1.165) is 21.9 Å². The average molecular weight is 388 g/mol. The Morgan fingerprint density at radius 1 is 0.931 bits per heavy atom. The number of hydrogen-bond acceptors (Lipinski definition) is 5. The summed E-state index contributed by atoms with van der Waals surface area (Å²) in [5, 5.41) is 1.99. The van der Waals surface area contributed by atoms with Gasteiger partial charge < -0.3 is 14.2 Å². The van der Waals surface area contributed by atoms with Gasteiger partial charge in [-0.2, -0.15) is 0 Å². The van der Waals surface area contributed by atoms with Crippen LogP contribution < -0.4 is 4.74 Å². The Morgan fingerprint density at radius 3 is 2.41 bits per heavy atom. The Morgan fingerprint density at radius 2 is 1.62 bits per heavy atom. The maximum absolute atomic E-state index is 12.8. The molecule has 0 bridgehead atoms. The normalized spacial score (nSPS) is 15.4. The second-order valence-electron chi connectivity index (χ2n) is 6.55. The van der Waals surface area contributed by atoms with Gasteiger partial charge in [-0.15, -0.1) is 0 Å². The third kappa shape index (κ3) is 3.25. The van der Waals surface area contributed by atoms with Crippen molar-refractivity contribution < 1.29 is 23.8 Å². The Labute approximate surface area is 168 Å². The van der Waals surface area contributed by atoms with E-state index in [-0.39, 0.29) is 12.2 Å². The number of esters is 2.